The molecule has 2 heteroatoms. The Morgan fingerprint density at radius 1 is 1.31 bits per heavy atom. The molecule has 0 spiro atoms. The van der Waals surface area contributed by atoms with Gasteiger partial charge in [-0.1, -0.05) is 32.0 Å². The van der Waals surface area contributed by atoms with E-state index in [1.165, 1.54) is 23.1 Å². The van der Waals surface area contributed by atoms with Crippen LogP contribution in [0.15, 0.2) is 18.2 Å². The Bertz CT molecular complexity index is 358. The molecule has 88 valence electrons. The lowest BCUT2D eigenvalue weighted by Crippen LogP contribution is -2.34. The van der Waals surface area contributed by atoms with Gasteiger partial charge in [0.1, 0.15) is 0 Å². The molecule has 2 nitrogen and oxygen atoms in total. The first kappa shape index (κ1) is 11.6. The van der Waals surface area contributed by atoms with Gasteiger partial charge in [0.2, 0.25) is 0 Å². The van der Waals surface area contributed by atoms with E-state index in [1.54, 1.807) is 0 Å². The van der Waals surface area contributed by atoms with Gasteiger partial charge >= 0.3 is 0 Å². The van der Waals surface area contributed by atoms with Crippen molar-refractivity contribution in [1.29, 1.82) is 0 Å². The maximum atomic E-state index is 5.62. The van der Waals surface area contributed by atoms with E-state index in [0.29, 0.717) is 5.92 Å². The summed E-state index contributed by atoms with van der Waals surface area (Å²) in [5, 5.41) is 0. The first-order valence-electron chi connectivity index (χ1n) is 6.25. The van der Waals surface area contributed by atoms with Crippen LogP contribution < -0.4 is 5.73 Å². The maximum Gasteiger partial charge on any atom is 0.0237 e. The molecule has 2 N–H and O–H groups in total. The van der Waals surface area contributed by atoms with Crippen LogP contribution in [0.4, 0.5) is 0 Å². The number of nitrogens with two attached hydrogens (primary N) is 1. The number of benzene rings is 1. The standard InChI is InChI=1S/C14H22N2/c1-11(2)13-4-3-12-5-7-16(8-6-15)10-14(12)9-13/h3-4,9,11H,5-8,10,15H2,1-2H3. The zero-order valence-electron chi connectivity index (χ0n) is 10.4. The van der Waals surface area contributed by atoms with E-state index in [2.05, 4.69) is 36.9 Å². The van der Waals surface area contributed by atoms with Crippen LogP contribution in [-0.2, 0) is 13.0 Å². The van der Waals surface area contributed by atoms with Gasteiger partial charge in [0.05, 0.1) is 0 Å². The molecule has 1 aromatic carbocycles. The largest absolute Gasteiger partial charge is 0.329 e. The van der Waals surface area contributed by atoms with Gasteiger partial charge in [-0.15, -0.1) is 0 Å². The van der Waals surface area contributed by atoms with Crippen molar-refractivity contribution < 1.29 is 0 Å². The molecule has 0 aromatic heterocycles. The van der Waals surface area contributed by atoms with E-state index < -0.39 is 0 Å². The molecule has 1 heterocycles. The molecular weight excluding hydrogens is 196 g/mol. The Balaban J connectivity index is 2.18. The van der Waals surface area contributed by atoms with Crippen molar-refractivity contribution in [3.63, 3.8) is 0 Å². The lowest BCUT2D eigenvalue weighted by Gasteiger charge is -2.29. The average Bonchev–Trinajstić information content (AvgIpc) is 2.28. The highest BCUT2D eigenvalue weighted by atomic mass is 15.1. The fourth-order valence-corrected chi connectivity index (χ4v) is 2.37. The minimum atomic E-state index is 0.621. The Morgan fingerprint density at radius 2 is 2.12 bits per heavy atom. The van der Waals surface area contributed by atoms with Crippen molar-refractivity contribution in [2.75, 3.05) is 19.6 Å². The molecule has 0 saturated carbocycles. The van der Waals surface area contributed by atoms with Gasteiger partial charge in [-0.2, -0.15) is 0 Å². The molecule has 0 atom stereocenters. The van der Waals surface area contributed by atoms with Crippen molar-refractivity contribution >= 4 is 0 Å². The van der Waals surface area contributed by atoms with Crippen LogP contribution in [0.5, 0.6) is 0 Å². The first-order valence-corrected chi connectivity index (χ1v) is 6.25. The summed E-state index contributed by atoms with van der Waals surface area (Å²) < 4.78 is 0. The number of hydrogen-bond donors (Lipinski definition) is 1. The number of rotatable bonds is 3. The number of hydrogen-bond acceptors (Lipinski definition) is 2. The van der Waals surface area contributed by atoms with Crippen molar-refractivity contribution in [1.82, 2.24) is 4.90 Å². The molecule has 1 aromatic rings. The average molecular weight is 218 g/mol. The van der Waals surface area contributed by atoms with Gasteiger partial charge in [0.25, 0.3) is 0 Å². The van der Waals surface area contributed by atoms with E-state index in [1.807, 2.05) is 0 Å². The summed E-state index contributed by atoms with van der Waals surface area (Å²) in [4.78, 5) is 2.45. The molecule has 0 radical (unpaired) electrons. The lowest BCUT2D eigenvalue weighted by atomic mass is 9.93. The molecular formula is C14H22N2. The van der Waals surface area contributed by atoms with E-state index >= 15 is 0 Å². The van der Waals surface area contributed by atoms with Crippen LogP contribution in [0.2, 0.25) is 0 Å². The molecule has 0 saturated heterocycles. The second-order valence-corrected chi connectivity index (χ2v) is 5.00. The van der Waals surface area contributed by atoms with Gasteiger partial charge in [0, 0.05) is 26.2 Å². The monoisotopic (exact) mass is 218 g/mol. The quantitative estimate of drug-likeness (QED) is 0.842. The highest BCUT2D eigenvalue weighted by Gasteiger charge is 2.16. The lowest BCUT2D eigenvalue weighted by molar-refractivity contribution is 0.261. The van der Waals surface area contributed by atoms with E-state index in [0.717, 1.165) is 26.2 Å². The van der Waals surface area contributed by atoms with Crippen molar-refractivity contribution in [3.8, 4) is 0 Å². The van der Waals surface area contributed by atoms with Crippen molar-refractivity contribution in [2.45, 2.75) is 32.7 Å². The molecule has 0 aliphatic carbocycles. The second-order valence-electron chi connectivity index (χ2n) is 5.00. The summed E-state index contributed by atoms with van der Waals surface area (Å²) in [6, 6.07) is 6.97. The van der Waals surface area contributed by atoms with E-state index in [4.69, 9.17) is 5.73 Å². The van der Waals surface area contributed by atoms with Gasteiger partial charge in [-0.05, 0) is 29.0 Å². The molecule has 0 bridgehead atoms. The Labute approximate surface area is 98.4 Å². The minimum Gasteiger partial charge on any atom is -0.329 e. The normalized spacial score (nSPS) is 16.5. The third kappa shape index (κ3) is 2.45. The SMILES string of the molecule is CC(C)c1ccc2c(c1)CN(CCN)CC2. The molecule has 16 heavy (non-hydrogen) atoms. The van der Waals surface area contributed by atoms with Gasteiger partial charge in [-0.3, -0.25) is 4.90 Å². The third-order valence-electron chi connectivity index (χ3n) is 3.43. The maximum absolute atomic E-state index is 5.62. The number of nitrogens with zero attached hydrogens (tertiary/aromatic N) is 1. The fraction of sp³-hybridized carbons (Fsp3) is 0.571. The Hall–Kier alpha value is -0.860. The number of fused-ring (bicyclic) bond motifs is 1. The zero-order chi connectivity index (χ0) is 11.5. The summed E-state index contributed by atoms with van der Waals surface area (Å²) in [5.74, 6) is 0.621. The summed E-state index contributed by atoms with van der Waals surface area (Å²) >= 11 is 0. The highest BCUT2D eigenvalue weighted by molar-refractivity contribution is 5.35. The van der Waals surface area contributed by atoms with Crippen LogP contribution in [0.3, 0.4) is 0 Å². The summed E-state index contributed by atoms with van der Waals surface area (Å²) in [6.07, 6.45) is 1.17. The van der Waals surface area contributed by atoms with Gasteiger partial charge < -0.3 is 5.73 Å². The van der Waals surface area contributed by atoms with Gasteiger partial charge in [0.15, 0.2) is 0 Å². The molecule has 1 aliphatic heterocycles. The molecule has 0 fully saturated rings. The van der Waals surface area contributed by atoms with Crippen LogP contribution in [0.1, 0.15) is 36.5 Å². The Kier molecular flexibility index (Phi) is 3.62. The summed E-state index contributed by atoms with van der Waals surface area (Å²) in [5.41, 5.74) is 10.1. The van der Waals surface area contributed by atoms with Crippen molar-refractivity contribution in [3.05, 3.63) is 34.9 Å². The third-order valence-corrected chi connectivity index (χ3v) is 3.43. The zero-order valence-corrected chi connectivity index (χ0v) is 10.4. The predicted octanol–water partition coefficient (Wildman–Crippen LogP) is 2.13. The predicted molar refractivity (Wildman–Crippen MR) is 68.6 cm³/mol. The topological polar surface area (TPSA) is 29.3 Å². The van der Waals surface area contributed by atoms with Crippen molar-refractivity contribution in [2.24, 2.45) is 5.73 Å². The summed E-state index contributed by atoms with van der Waals surface area (Å²) in [7, 11) is 0. The molecule has 0 unspecified atom stereocenters. The summed E-state index contributed by atoms with van der Waals surface area (Å²) in [6.45, 7) is 8.52. The van der Waals surface area contributed by atoms with Gasteiger partial charge in [-0.25, -0.2) is 0 Å². The first-order chi connectivity index (χ1) is 7.70. The van der Waals surface area contributed by atoms with Crippen LogP contribution in [0, 0.1) is 0 Å². The van der Waals surface area contributed by atoms with E-state index in [9.17, 15) is 0 Å². The molecule has 2 rings (SSSR count). The Morgan fingerprint density at radius 3 is 2.81 bits per heavy atom. The highest BCUT2D eigenvalue weighted by Crippen LogP contribution is 2.23. The smallest absolute Gasteiger partial charge is 0.0237 e. The van der Waals surface area contributed by atoms with Crippen LogP contribution in [0.25, 0.3) is 0 Å². The second kappa shape index (κ2) is 4.98. The fourth-order valence-electron chi connectivity index (χ4n) is 2.37. The molecule has 0 amide bonds. The van der Waals surface area contributed by atoms with E-state index in [-0.39, 0.29) is 0 Å². The van der Waals surface area contributed by atoms with Crippen LogP contribution in [-0.4, -0.2) is 24.5 Å². The molecule has 1 aliphatic rings. The minimum absolute atomic E-state index is 0.621. The van der Waals surface area contributed by atoms with Crippen LogP contribution >= 0.6 is 0 Å².